The van der Waals surface area contributed by atoms with Gasteiger partial charge >= 0.3 is 0 Å². The van der Waals surface area contributed by atoms with Crippen molar-refractivity contribution >= 4 is 29.1 Å². The summed E-state index contributed by atoms with van der Waals surface area (Å²) in [5.41, 5.74) is 0.999. The summed E-state index contributed by atoms with van der Waals surface area (Å²) in [6.07, 6.45) is 4.76. The zero-order chi connectivity index (χ0) is 9.80. The van der Waals surface area contributed by atoms with Crippen LogP contribution in [0.25, 0.3) is 0 Å². The second kappa shape index (κ2) is 4.89. The average Bonchev–Trinajstić information content (AvgIpc) is 2.69. The molecule has 2 nitrogen and oxygen atoms in total. The van der Waals surface area contributed by atoms with Gasteiger partial charge in [-0.2, -0.15) is 11.8 Å². The van der Waals surface area contributed by atoms with Gasteiger partial charge in [-0.3, -0.25) is 4.98 Å². The molecule has 2 rings (SSSR count). The van der Waals surface area contributed by atoms with Gasteiger partial charge in [0.05, 0.1) is 10.7 Å². The molecule has 1 aliphatic heterocycles. The fourth-order valence-corrected chi connectivity index (χ4v) is 2.99. The second-order valence-electron chi connectivity index (χ2n) is 3.47. The number of nitrogens with one attached hydrogen (secondary N) is 1. The summed E-state index contributed by atoms with van der Waals surface area (Å²) in [6, 6.07) is 1.92. The van der Waals surface area contributed by atoms with E-state index in [-0.39, 0.29) is 0 Å². The molecule has 2 heterocycles. The van der Waals surface area contributed by atoms with Crippen molar-refractivity contribution in [2.45, 2.75) is 6.42 Å². The molecule has 0 spiro atoms. The van der Waals surface area contributed by atoms with Gasteiger partial charge in [0.2, 0.25) is 0 Å². The summed E-state index contributed by atoms with van der Waals surface area (Å²) in [4.78, 5) is 3.95. The molecule has 1 saturated heterocycles. The highest BCUT2D eigenvalue weighted by molar-refractivity contribution is 7.99. The summed E-state index contributed by atoms with van der Waals surface area (Å²) in [5, 5.41) is 4.08. The van der Waals surface area contributed by atoms with Crippen LogP contribution in [0.3, 0.4) is 0 Å². The molecule has 1 atom stereocenters. The Morgan fingerprint density at radius 2 is 2.57 bits per heavy atom. The number of pyridine rings is 1. The lowest BCUT2D eigenvalue weighted by molar-refractivity contribution is 0.632. The number of aromatic nitrogens is 1. The Labute approximate surface area is 93.4 Å². The van der Waals surface area contributed by atoms with Crippen molar-refractivity contribution in [3.63, 3.8) is 0 Å². The summed E-state index contributed by atoms with van der Waals surface area (Å²) < 4.78 is 0. The van der Waals surface area contributed by atoms with Crippen LogP contribution in [0.4, 0.5) is 5.69 Å². The van der Waals surface area contributed by atoms with Gasteiger partial charge in [0, 0.05) is 18.9 Å². The smallest absolute Gasteiger partial charge is 0.0820 e. The van der Waals surface area contributed by atoms with Crippen molar-refractivity contribution in [2.24, 2.45) is 5.92 Å². The minimum atomic E-state index is 0.707. The van der Waals surface area contributed by atoms with Crippen molar-refractivity contribution in [1.29, 1.82) is 0 Å². The van der Waals surface area contributed by atoms with E-state index in [0.717, 1.165) is 18.2 Å². The number of nitrogens with zero attached hydrogens (tertiary/aromatic N) is 1. The highest BCUT2D eigenvalue weighted by atomic mass is 35.5. The molecule has 0 radical (unpaired) electrons. The first kappa shape index (κ1) is 10.1. The minimum Gasteiger partial charge on any atom is -0.383 e. The highest BCUT2D eigenvalue weighted by Gasteiger charge is 2.15. The summed E-state index contributed by atoms with van der Waals surface area (Å²) >= 11 is 8.02. The normalized spacial score (nSPS) is 21.1. The third-order valence-corrected chi connectivity index (χ3v) is 3.91. The Hall–Kier alpha value is -0.410. The maximum absolute atomic E-state index is 5.98. The molecular weight excluding hydrogens is 216 g/mol. The second-order valence-corrected chi connectivity index (χ2v) is 5.02. The van der Waals surface area contributed by atoms with E-state index >= 15 is 0 Å². The molecule has 0 aromatic carbocycles. The molecule has 1 aromatic heterocycles. The molecule has 0 saturated carbocycles. The first-order valence-corrected chi connectivity index (χ1v) is 6.30. The van der Waals surface area contributed by atoms with Crippen molar-refractivity contribution < 1.29 is 0 Å². The molecule has 4 heteroatoms. The zero-order valence-corrected chi connectivity index (χ0v) is 9.44. The topological polar surface area (TPSA) is 24.9 Å². The summed E-state index contributed by atoms with van der Waals surface area (Å²) in [7, 11) is 0. The van der Waals surface area contributed by atoms with Crippen LogP contribution < -0.4 is 5.32 Å². The number of thioether (sulfide) groups is 1. The monoisotopic (exact) mass is 228 g/mol. The van der Waals surface area contributed by atoms with Crippen LogP contribution in [-0.2, 0) is 0 Å². The fourth-order valence-electron chi connectivity index (χ4n) is 1.52. The maximum Gasteiger partial charge on any atom is 0.0820 e. The molecule has 0 bridgehead atoms. The first-order chi connectivity index (χ1) is 6.86. The van der Waals surface area contributed by atoms with Gasteiger partial charge in [0.1, 0.15) is 0 Å². The summed E-state index contributed by atoms with van der Waals surface area (Å²) in [6.45, 7) is 1.02. The Bertz CT molecular complexity index is 300. The third kappa shape index (κ3) is 2.55. The largest absolute Gasteiger partial charge is 0.383 e. The lowest BCUT2D eigenvalue weighted by Gasteiger charge is -2.11. The Morgan fingerprint density at radius 3 is 3.29 bits per heavy atom. The van der Waals surface area contributed by atoms with E-state index in [4.69, 9.17) is 11.6 Å². The molecule has 14 heavy (non-hydrogen) atoms. The standard InChI is InChI=1S/C10H13ClN2S/c11-9-6-12-3-1-10(9)13-5-8-2-4-14-7-8/h1,3,6,8H,2,4-5,7H2,(H,12,13). The predicted octanol–water partition coefficient (Wildman–Crippen LogP) is 2.90. The van der Waals surface area contributed by atoms with E-state index in [2.05, 4.69) is 10.3 Å². The summed E-state index contributed by atoms with van der Waals surface area (Å²) in [5.74, 6) is 3.37. The lowest BCUT2D eigenvalue weighted by atomic mass is 10.1. The van der Waals surface area contributed by atoms with Gasteiger partial charge in [0.25, 0.3) is 0 Å². The van der Waals surface area contributed by atoms with E-state index in [1.165, 1.54) is 17.9 Å². The number of hydrogen-bond donors (Lipinski definition) is 1. The molecule has 1 N–H and O–H groups in total. The van der Waals surface area contributed by atoms with E-state index in [9.17, 15) is 0 Å². The maximum atomic E-state index is 5.98. The van der Waals surface area contributed by atoms with Gasteiger partial charge in [-0.05, 0) is 29.9 Å². The molecular formula is C10H13ClN2S. The number of hydrogen-bond acceptors (Lipinski definition) is 3. The van der Waals surface area contributed by atoms with E-state index in [0.29, 0.717) is 5.02 Å². The van der Waals surface area contributed by atoms with E-state index < -0.39 is 0 Å². The molecule has 1 aliphatic rings. The first-order valence-electron chi connectivity index (χ1n) is 4.77. The van der Waals surface area contributed by atoms with Crippen LogP contribution in [-0.4, -0.2) is 23.0 Å². The van der Waals surface area contributed by atoms with Crippen molar-refractivity contribution in [1.82, 2.24) is 4.98 Å². The SMILES string of the molecule is Clc1cnccc1NCC1CCSC1. The van der Waals surface area contributed by atoms with Crippen molar-refractivity contribution in [3.05, 3.63) is 23.5 Å². The molecule has 1 aromatic rings. The Kier molecular flexibility index (Phi) is 3.54. The van der Waals surface area contributed by atoms with Gasteiger partial charge in [-0.25, -0.2) is 0 Å². The van der Waals surface area contributed by atoms with Gasteiger partial charge in [-0.15, -0.1) is 0 Å². The third-order valence-electron chi connectivity index (χ3n) is 2.38. The van der Waals surface area contributed by atoms with Crippen LogP contribution in [0.15, 0.2) is 18.5 Å². The van der Waals surface area contributed by atoms with Gasteiger partial charge in [0.15, 0.2) is 0 Å². The number of anilines is 1. The number of rotatable bonds is 3. The number of halogens is 1. The van der Waals surface area contributed by atoms with Gasteiger partial charge < -0.3 is 5.32 Å². The van der Waals surface area contributed by atoms with Crippen LogP contribution in [0, 0.1) is 5.92 Å². The van der Waals surface area contributed by atoms with Crippen molar-refractivity contribution in [3.8, 4) is 0 Å². The van der Waals surface area contributed by atoms with Gasteiger partial charge in [-0.1, -0.05) is 11.6 Å². The van der Waals surface area contributed by atoms with Crippen LogP contribution in [0.5, 0.6) is 0 Å². The fraction of sp³-hybridized carbons (Fsp3) is 0.500. The van der Waals surface area contributed by atoms with Crippen LogP contribution in [0.2, 0.25) is 5.02 Å². The lowest BCUT2D eigenvalue weighted by Crippen LogP contribution is -2.13. The van der Waals surface area contributed by atoms with E-state index in [1.807, 2.05) is 17.8 Å². The zero-order valence-electron chi connectivity index (χ0n) is 7.87. The quantitative estimate of drug-likeness (QED) is 0.861. The molecule has 0 aliphatic carbocycles. The molecule has 0 amide bonds. The predicted molar refractivity (Wildman–Crippen MR) is 63.2 cm³/mol. The Morgan fingerprint density at radius 1 is 1.64 bits per heavy atom. The van der Waals surface area contributed by atoms with Crippen molar-refractivity contribution in [2.75, 3.05) is 23.4 Å². The van der Waals surface area contributed by atoms with E-state index in [1.54, 1.807) is 12.4 Å². The molecule has 76 valence electrons. The highest BCUT2D eigenvalue weighted by Crippen LogP contribution is 2.25. The minimum absolute atomic E-state index is 0.707. The molecule has 1 unspecified atom stereocenters. The van der Waals surface area contributed by atoms with Crippen LogP contribution >= 0.6 is 23.4 Å². The average molecular weight is 229 g/mol. The van der Waals surface area contributed by atoms with Crippen LogP contribution in [0.1, 0.15) is 6.42 Å². The Balaban J connectivity index is 1.88. The molecule has 1 fully saturated rings.